The van der Waals surface area contributed by atoms with E-state index >= 15 is 0 Å². The number of halogens is 1. The molecule has 0 aliphatic heterocycles. The number of nitrogens with one attached hydrogen (secondary N) is 2. The minimum Gasteiger partial charge on any atom is -0.383 e. The van der Waals surface area contributed by atoms with Gasteiger partial charge in [0.2, 0.25) is 0 Å². The van der Waals surface area contributed by atoms with E-state index in [-0.39, 0.29) is 24.0 Å². The van der Waals surface area contributed by atoms with Crippen molar-refractivity contribution in [3.63, 3.8) is 0 Å². The molecule has 2 aromatic rings. The van der Waals surface area contributed by atoms with Gasteiger partial charge >= 0.3 is 0 Å². The minimum atomic E-state index is -0.947. The fourth-order valence-corrected chi connectivity index (χ4v) is 3.48. The predicted molar refractivity (Wildman–Crippen MR) is 125 cm³/mol. The Morgan fingerprint density at radius 3 is 2.78 bits per heavy atom. The molecule has 0 fully saturated rings. The van der Waals surface area contributed by atoms with Crippen molar-refractivity contribution in [3.05, 3.63) is 34.0 Å². The van der Waals surface area contributed by atoms with Crippen LogP contribution in [0.5, 0.6) is 0 Å². The normalized spacial score (nSPS) is 13.7. The maximum absolute atomic E-state index is 10.7. The highest BCUT2D eigenvalue weighted by atomic mass is 127. The average Bonchev–Trinajstić information content (AvgIpc) is 3.26. The maximum Gasteiger partial charge on any atom is 0.191 e. The van der Waals surface area contributed by atoms with E-state index < -0.39 is 5.60 Å². The summed E-state index contributed by atoms with van der Waals surface area (Å²) in [5.74, 6) is 3.43. The first-order valence-electron chi connectivity index (χ1n) is 8.56. The summed E-state index contributed by atoms with van der Waals surface area (Å²) in [5.41, 5.74) is -0.947. The van der Waals surface area contributed by atoms with Gasteiger partial charge in [0, 0.05) is 18.5 Å². The molecule has 152 valence electrons. The predicted octanol–water partition coefficient (Wildman–Crippen LogP) is 2.50. The van der Waals surface area contributed by atoms with Gasteiger partial charge in [0.05, 0.1) is 6.54 Å². The van der Waals surface area contributed by atoms with Crippen molar-refractivity contribution in [2.45, 2.75) is 32.4 Å². The lowest BCUT2D eigenvalue weighted by atomic mass is 10.1. The Hall–Kier alpha value is -0.850. The summed E-state index contributed by atoms with van der Waals surface area (Å²) in [4.78, 5) is 5.53. The Bertz CT molecular complexity index is 702. The average molecular weight is 524 g/mol. The van der Waals surface area contributed by atoms with E-state index in [0.717, 1.165) is 35.2 Å². The number of guanidine groups is 1. The molecule has 3 N–H and O–H groups in total. The number of aromatic nitrogens is 3. The molecule has 0 aliphatic rings. The van der Waals surface area contributed by atoms with Gasteiger partial charge in [-0.05, 0) is 43.7 Å². The quantitative estimate of drug-likeness (QED) is 0.202. The molecule has 2 rings (SSSR count). The number of nitrogens with zero attached hydrogens (tertiary/aromatic N) is 4. The zero-order valence-corrected chi connectivity index (χ0v) is 20.2. The van der Waals surface area contributed by atoms with Gasteiger partial charge < -0.3 is 20.3 Å². The fraction of sp³-hybridized carbons (Fsp3) is 0.588. The summed E-state index contributed by atoms with van der Waals surface area (Å²) in [6, 6.07) is 3.89. The molecule has 0 amide bonds. The number of thiophene rings is 1. The van der Waals surface area contributed by atoms with Crippen LogP contribution in [0.1, 0.15) is 29.9 Å². The Morgan fingerprint density at radius 1 is 1.41 bits per heavy atom. The summed E-state index contributed by atoms with van der Waals surface area (Å²) in [7, 11) is 1.93. The van der Waals surface area contributed by atoms with Crippen molar-refractivity contribution in [2.24, 2.45) is 12.0 Å². The number of aliphatic imine (C=N–C) groups is 1. The molecule has 2 heterocycles. The fourth-order valence-electron chi connectivity index (χ4n) is 2.26. The molecule has 10 heteroatoms. The third-order valence-corrected chi connectivity index (χ3v) is 5.85. The van der Waals surface area contributed by atoms with Crippen LogP contribution in [-0.2, 0) is 19.2 Å². The van der Waals surface area contributed by atoms with Crippen LogP contribution in [0.25, 0.3) is 0 Å². The van der Waals surface area contributed by atoms with Gasteiger partial charge in [-0.25, -0.2) is 4.99 Å². The molecule has 2 aromatic heterocycles. The molecule has 0 aliphatic carbocycles. The number of hydrogen-bond acceptors (Lipinski definition) is 6. The SMILES string of the molecule is CSCCCNC(=NCc1nnc(C)n1C)NCC(C)(O)c1cccs1.I. The van der Waals surface area contributed by atoms with Crippen LogP contribution in [0.3, 0.4) is 0 Å². The number of hydrogen-bond donors (Lipinski definition) is 3. The second kappa shape index (κ2) is 11.9. The summed E-state index contributed by atoms with van der Waals surface area (Å²) in [6.45, 7) is 5.35. The number of rotatable bonds is 9. The molecule has 0 aromatic carbocycles. The first kappa shape index (κ1) is 24.2. The van der Waals surface area contributed by atoms with Crippen molar-refractivity contribution in [1.82, 2.24) is 25.4 Å². The molecule has 27 heavy (non-hydrogen) atoms. The van der Waals surface area contributed by atoms with Crippen LogP contribution < -0.4 is 10.6 Å². The highest BCUT2D eigenvalue weighted by Gasteiger charge is 2.24. The summed E-state index contributed by atoms with van der Waals surface area (Å²) >= 11 is 3.37. The minimum absolute atomic E-state index is 0. The zero-order valence-electron chi connectivity index (χ0n) is 16.2. The van der Waals surface area contributed by atoms with Crippen LogP contribution in [0, 0.1) is 6.92 Å². The Labute approximate surface area is 186 Å². The molecule has 0 saturated carbocycles. The lowest BCUT2D eigenvalue weighted by Crippen LogP contribution is -2.44. The van der Waals surface area contributed by atoms with E-state index in [1.165, 1.54) is 0 Å². The van der Waals surface area contributed by atoms with Crippen molar-refractivity contribution >= 4 is 53.0 Å². The van der Waals surface area contributed by atoms with E-state index in [4.69, 9.17) is 0 Å². The first-order chi connectivity index (χ1) is 12.4. The van der Waals surface area contributed by atoms with Gasteiger partial charge in [-0.2, -0.15) is 11.8 Å². The van der Waals surface area contributed by atoms with Gasteiger partial charge in [0.15, 0.2) is 11.8 Å². The topological polar surface area (TPSA) is 87.4 Å². The molecular weight excluding hydrogens is 495 g/mol. The Balaban J connectivity index is 0.00000364. The van der Waals surface area contributed by atoms with Crippen molar-refractivity contribution in [3.8, 4) is 0 Å². The van der Waals surface area contributed by atoms with Crippen molar-refractivity contribution < 1.29 is 5.11 Å². The van der Waals surface area contributed by atoms with E-state index in [2.05, 4.69) is 32.1 Å². The Morgan fingerprint density at radius 2 is 2.19 bits per heavy atom. The van der Waals surface area contributed by atoms with Crippen LogP contribution in [0.2, 0.25) is 0 Å². The number of aryl methyl sites for hydroxylation is 1. The second-order valence-corrected chi connectivity index (χ2v) is 8.20. The lowest BCUT2D eigenvalue weighted by molar-refractivity contribution is 0.0655. The van der Waals surface area contributed by atoms with Gasteiger partial charge in [0.25, 0.3) is 0 Å². The highest BCUT2D eigenvalue weighted by molar-refractivity contribution is 14.0. The van der Waals surface area contributed by atoms with Gasteiger partial charge in [-0.15, -0.1) is 45.5 Å². The monoisotopic (exact) mass is 524 g/mol. The van der Waals surface area contributed by atoms with E-state index in [1.54, 1.807) is 11.3 Å². The molecule has 7 nitrogen and oxygen atoms in total. The van der Waals surface area contributed by atoms with E-state index in [1.807, 2.05) is 54.7 Å². The van der Waals surface area contributed by atoms with Gasteiger partial charge in [-0.1, -0.05) is 6.07 Å². The van der Waals surface area contributed by atoms with Gasteiger partial charge in [-0.3, -0.25) is 0 Å². The number of aliphatic hydroxyl groups is 1. The molecule has 0 spiro atoms. The molecule has 0 saturated heterocycles. The molecular formula is C17H29IN6OS2. The van der Waals surface area contributed by atoms with E-state index in [0.29, 0.717) is 19.0 Å². The second-order valence-electron chi connectivity index (χ2n) is 6.27. The molecule has 1 atom stereocenters. The molecule has 1 unspecified atom stereocenters. The number of thioether (sulfide) groups is 1. The first-order valence-corrected chi connectivity index (χ1v) is 10.8. The summed E-state index contributed by atoms with van der Waals surface area (Å²) in [5, 5.41) is 27.5. The van der Waals surface area contributed by atoms with Crippen molar-refractivity contribution in [2.75, 3.05) is 25.1 Å². The third-order valence-electron chi connectivity index (χ3n) is 4.03. The standard InChI is InChI=1S/C17H28N6OS2.HI/c1-13-21-22-15(23(13)3)11-19-16(18-8-6-9-25-4)20-12-17(2,24)14-7-5-10-26-14;/h5,7,10,24H,6,8-9,11-12H2,1-4H3,(H2,18,19,20);1H. The summed E-state index contributed by atoms with van der Waals surface area (Å²) in [6.07, 6.45) is 3.15. The Kier molecular flexibility index (Phi) is 10.6. The van der Waals surface area contributed by atoms with Crippen molar-refractivity contribution in [1.29, 1.82) is 0 Å². The zero-order chi connectivity index (χ0) is 19.0. The van der Waals surface area contributed by atoms with Crippen LogP contribution in [0.15, 0.2) is 22.5 Å². The van der Waals surface area contributed by atoms with Crippen LogP contribution in [-0.4, -0.2) is 50.9 Å². The van der Waals surface area contributed by atoms with Crippen LogP contribution in [0.4, 0.5) is 0 Å². The third kappa shape index (κ3) is 7.59. The highest BCUT2D eigenvalue weighted by Crippen LogP contribution is 2.24. The maximum atomic E-state index is 10.7. The largest absolute Gasteiger partial charge is 0.383 e. The van der Waals surface area contributed by atoms with Crippen LogP contribution >= 0.6 is 47.1 Å². The van der Waals surface area contributed by atoms with Gasteiger partial charge in [0.1, 0.15) is 18.0 Å². The van der Waals surface area contributed by atoms with E-state index in [9.17, 15) is 5.11 Å². The summed E-state index contributed by atoms with van der Waals surface area (Å²) < 4.78 is 1.93. The lowest BCUT2D eigenvalue weighted by Gasteiger charge is -2.24. The smallest absolute Gasteiger partial charge is 0.191 e. The molecule has 0 radical (unpaired) electrons. The molecule has 0 bridgehead atoms.